The van der Waals surface area contributed by atoms with E-state index in [1.807, 2.05) is 13.8 Å². The topological polar surface area (TPSA) is 88.3 Å². The highest BCUT2D eigenvalue weighted by atomic mass is 35.5. The summed E-state index contributed by atoms with van der Waals surface area (Å²) in [5.41, 5.74) is 1.76. The monoisotopic (exact) mass is 412 g/mol. The molecule has 0 fully saturated rings. The summed E-state index contributed by atoms with van der Waals surface area (Å²) >= 11 is 5.87. The minimum Gasteiger partial charge on any atom is -0.343 e. The van der Waals surface area contributed by atoms with Crippen molar-refractivity contribution < 1.29 is 14.1 Å². The van der Waals surface area contributed by atoms with Crippen LogP contribution in [0.1, 0.15) is 40.5 Å². The normalized spacial score (nSPS) is 10.6. The Morgan fingerprint density at radius 2 is 1.62 bits per heavy atom. The maximum atomic E-state index is 12.3. The van der Waals surface area contributed by atoms with Gasteiger partial charge < -0.3 is 14.7 Å². The van der Waals surface area contributed by atoms with E-state index in [0.717, 1.165) is 5.56 Å². The smallest absolute Gasteiger partial charge is 0.253 e. The first-order valence-electron chi connectivity index (χ1n) is 9.27. The zero-order chi connectivity index (χ0) is 20.8. The lowest BCUT2D eigenvalue weighted by atomic mass is 10.1. The van der Waals surface area contributed by atoms with Crippen LogP contribution < -0.4 is 5.32 Å². The number of benzene rings is 2. The molecule has 0 aliphatic heterocycles. The van der Waals surface area contributed by atoms with E-state index < -0.39 is 0 Å². The van der Waals surface area contributed by atoms with Crippen molar-refractivity contribution in [2.75, 3.05) is 13.1 Å². The van der Waals surface area contributed by atoms with Gasteiger partial charge in [0.15, 0.2) is 0 Å². The van der Waals surface area contributed by atoms with Crippen LogP contribution in [0, 0.1) is 0 Å². The molecule has 3 aromatic rings. The largest absolute Gasteiger partial charge is 0.343 e. The molecule has 0 saturated heterocycles. The third kappa shape index (κ3) is 5.00. The van der Waals surface area contributed by atoms with E-state index in [1.165, 1.54) is 0 Å². The summed E-state index contributed by atoms with van der Waals surface area (Å²) in [7, 11) is 0. The van der Waals surface area contributed by atoms with Crippen LogP contribution in [0.3, 0.4) is 0 Å². The number of amides is 2. The zero-order valence-electron chi connectivity index (χ0n) is 16.2. The van der Waals surface area contributed by atoms with E-state index in [0.29, 0.717) is 35.1 Å². The van der Waals surface area contributed by atoms with E-state index in [2.05, 4.69) is 15.5 Å². The molecule has 1 heterocycles. The molecule has 0 saturated carbocycles. The molecule has 8 heteroatoms. The number of carbonyl (C=O) groups is 2. The first-order chi connectivity index (χ1) is 14.0. The van der Waals surface area contributed by atoms with Crippen LogP contribution in [0.4, 0.5) is 0 Å². The number of carbonyl (C=O) groups excluding carboxylic acids is 2. The summed E-state index contributed by atoms with van der Waals surface area (Å²) < 4.78 is 5.18. The molecule has 3 rings (SSSR count). The minimum absolute atomic E-state index is 0.0532. The first-order valence-corrected chi connectivity index (χ1v) is 9.65. The van der Waals surface area contributed by atoms with Gasteiger partial charge in [0, 0.05) is 34.8 Å². The quantitative estimate of drug-likeness (QED) is 0.637. The molecule has 7 nitrogen and oxygen atoms in total. The Morgan fingerprint density at radius 3 is 2.24 bits per heavy atom. The zero-order valence-corrected chi connectivity index (χ0v) is 16.9. The Balaban J connectivity index is 1.60. The highest BCUT2D eigenvalue weighted by Gasteiger charge is 2.14. The molecule has 2 aromatic carbocycles. The van der Waals surface area contributed by atoms with Crippen LogP contribution >= 0.6 is 11.6 Å². The summed E-state index contributed by atoms with van der Waals surface area (Å²) in [6.07, 6.45) is 0. The molecule has 0 bridgehead atoms. The minimum atomic E-state index is -0.293. The summed E-state index contributed by atoms with van der Waals surface area (Å²) in [5.74, 6) is 0.363. The van der Waals surface area contributed by atoms with Crippen LogP contribution in [-0.2, 0) is 6.54 Å². The van der Waals surface area contributed by atoms with Crippen molar-refractivity contribution in [3.05, 3.63) is 70.6 Å². The molecular weight excluding hydrogens is 392 g/mol. The Kier molecular flexibility index (Phi) is 6.61. The Hall–Kier alpha value is -3.19. The van der Waals surface area contributed by atoms with Gasteiger partial charge in [-0.05, 0) is 62.4 Å². The number of nitrogens with one attached hydrogen (secondary N) is 1. The maximum absolute atomic E-state index is 12.3. The number of hydrogen-bond acceptors (Lipinski definition) is 5. The molecule has 2 amide bonds. The van der Waals surface area contributed by atoms with E-state index in [4.69, 9.17) is 16.1 Å². The van der Waals surface area contributed by atoms with E-state index in [9.17, 15) is 9.59 Å². The second-order valence-corrected chi connectivity index (χ2v) is 6.69. The highest BCUT2D eigenvalue weighted by molar-refractivity contribution is 6.30. The predicted octanol–water partition coefficient (Wildman–Crippen LogP) is 3.80. The van der Waals surface area contributed by atoms with E-state index in [-0.39, 0.29) is 24.2 Å². The molecule has 0 aliphatic carbocycles. The van der Waals surface area contributed by atoms with Crippen molar-refractivity contribution in [3.63, 3.8) is 0 Å². The lowest BCUT2D eigenvalue weighted by Crippen LogP contribution is -2.30. The average molecular weight is 413 g/mol. The number of rotatable bonds is 7. The number of halogens is 1. The van der Waals surface area contributed by atoms with Gasteiger partial charge in [-0.2, -0.15) is 4.98 Å². The Labute approximate surface area is 173 Å². The van der Waals surface area contributed by atoms with Gasteiger partial charge in [0.2, 0.25) is 11.7 Å². The Bertz CT molecular complexity index is 980. The molecule has 0 unspecified atom stereocenters. The van der Waals surface area contributed by atoms with Gasteiger partial charge in [-0.25, -0.2) is 0 Å². The van der Waals surface area contributed by atoms with Crippen LogP contribution in [-0.4, -0.2) is 39.9 Å². The maximum Gasteiger partial charge on any atom is 0.253 e. The van der Waals surface area contributed by atoms with Crippen molar-refractivity contribution in [1.29, 1.82) is 0 Å². The fourth-order valence-electron chi connectivity index (χ4n) is 2.76. The van der Waals surface area contributed by atoms with Crippen LogP contribution in [0.15, 0.2) is 53.1 Å². The van der Waals surface area contributed by atoms with E-state index >= 15 is 0 Å². The second-order valence-electron chi connectivity index (χ2n) is 6.26. The summed E-state index contributed by atoms with van der Waals surface area (Å²) in [6.45, 7) is 5.23. The van der Waals surface area contributed by atoms with Crippen molar-refractivity contribution in [2.24, 2.45) is 0 Å². The van der Waals surface area contributed by atoms with Gasteiger partial charge in [-0.1, -0.05) is 16.8 Å². The lowest BCUT2D eigenvalue weighted by molar-refractivity contribution is 0.0772. The van der Waals surface area contributed by atoms with Crippen molar-refractivity contribution in [2.45, 2.75) is 20.4 Å². The van der Waals surface area contributed by atoms with Crippen LogP contribution in [0.5, 0.6) is 0 Å². The van der Waals surface area contributed by atoms with Crippen molar-refractivity contribution in [1.82, 2.24) is 20.4 Å². The molecule has 0 radical (unpaired) electrons. The predicted molar refractivity (Wildman–Crippen MR) is 110 cm³/mol. The van der Waals surface area contributed by atoms with Gasteiger partial charge in [0.1, 0.15) is 0 Å². The van der Waals surface area contributed by atoms with Gasteiger partial charge in [0.25, 0.3) is 11.8 Å². The molecular formula is C21H21ClN4O3. The van der Waals surface area contributed by atoms with Gasteiger partial charge in [-0.3, -0.25) is 9.59 Å². The van der Waals surface area contributed by atoms with Crippen molar-refractivity contribution >= 4 is 23.4 Å². The molecule has 0 spiro atoms. The second kappa shape index (κ2) is 9.34. The molecule has 1 aromatic heterocycles. The van der Waals surface area contributed by atoms with Gasteiger partial charge in [-0.15, -0.1) is 0 Å². The summed E-state index contributed by atoms with van der Waals surface area (Å²) in [4.78, 5) is 30.7. The summed E-state index contributed by atoms with van der Waals surface area (Å²) in [5, 5.41) is 7.26. The van der Waals surface area contributed by atoms with Gasteiger partial charge in [0.05, 0.1) is 6.54 Å². The summed E-state index contributed by atoms with van der Waals surface area (Å²) in [6, 6.07) is 13.6. The molecule has 29 heavy (non-hydrogen) atoms. The van der Waals surface area contributed by atoms with Gasteiger partial charge >= 0.3 is 0 Å². The van der Waals surface area contributed by atoms with Crippen LogP contribution in [0.25, 0.3) is 11.4 Å². The molecule has 0 aliphatic rings. The molecule has 1 N–H and O–H groups in total. The van der Waals surface area contributed by atoms with E-state index in [1.54, 1.807) is 53.4 Å². The average Bonchev–Trinajstić information content (AvgIpc) is 3.22. The first kappa shape index (κ1) is 20.5. The standard InChI is InChI=1S/C21H21ClN4O3/c1-3-26(4-2)21(28)16-7-5-15(6-8-16)20(27)23-13-18-24-19(25-29-18)14-9-11-17(22)12-10-14/h5-12H,3-4,13H2,1-2H3,(H,23,27). The number of nitrogens with zero attached hydrogens (tertiary/aromatic N) is 3. The molecule has 150 valence electrons. The highest BCUT2D eigenvalue weighted by Crippen LogP contribution is 2.18. The van der Waals surface area contributed by atoms with Crippen molar-refractivity contribution in [3.8, 4) is 11.4 Å². The SMILES string of the molecule is CCN(CC)C(=O)c1ccc(C(=O)NCc2nc(-c3ccc(Cl)cc3)no2)cc1. The molecule has 0 atom stereocenters. The fraction of sp³-hybridized carbons (Fsp3) is 0.238. The lowest BCUT2D eigenvalue weighted by Gasteiger charge is -2.18. The number of aromatic nitrogens is 2. The fourth-order valence-corrected chi connectivity index (χ4v) is 2.88. The Morgan fingerprint density at radius 1 is 1.00 bits per heavy atom. The third-order valence-corrected chi connectivity index (χ3v) is 4.67. The third-order valence-electron chi connectivity index (χ3n) is 4.42. The number of hydrogen-bond donors (Lipinski definition) is 1. The van der Waals surface area contributed by atoms with Crippen LogP contribution in [0.2, 0.25) is 5.02 Å².